The Balaban J connectivity index is 1.50. The monoisotopic (exact) mass is 362 g/mol. The van der Waals surface area contributed by atoms with Crippen molar-refractivity contribution in [2.75, 3.05) is 23.3 Å². The van der Waals surface area contributed by atoms with Crippen molar-refractivity contribution in [3.63, 3.8) is 0 Å². The number of rotatable bonds is 4. The Morgan fingerprint density at radius 2 is 1.81 bits per heavy atom. The number of carbonyl (C=O) groups excluding carboxylic acids is 1. The minimum atomic E-state index is -0.234. The maximum atomic E-state index is 12.9. The van der Waals surface area contributed by atoms with Crippen molar-refractivity contribution in [2.24, 2.45) is 7.05 Å². The summed E-state index contributed by atoms with van der Waals surface area (Å²) in [7, 11) is 1.90. The molecule has 27 heavy (non-hydrogen) atoms. The molecule has 0 radical (unpaired) electrons. The van der Waals surface area contributed by atoms with Crippen LogP contribution in [0.15, 0.2) is 30.3 Å². The van der Waals surface area contributed by atoms with Gasteiger partial charge in [0.05, 0.1) is 11.0 Å². The highest BCUT2D eigenvalue weighted by Crippen LogP contribution is 2.40. The van der Waals surface area contributed by atoms with Crippen LogP contribution in [-0.4, -0.2) is 38.7 Å². The Morgan fingerprint density at radius 3 is 2.52 bits per heavy atom. The molecule has 3 aromatic rings. The number of benzene rings is 1. The topological polar surface area (TPSA) is 75.9 Å². The highest BCUT2D eigenvalue weighted by Gasteiger charge is 2.29. The summed E-state index contributed by atoms with van der Waals surface area (Å²) in [5.41, 5.74) is 3.17. The Labute approximate surface area is 157 Å². The molecule has 138 valence electrons. The van der Waals surface area contributed by atoms with E-state index in [1.54, 1.807) is 0 Å². The molecule has 2 aromatic heterocycles. The van der Waals surface area contributed by atoms with E-state index >= 15 is 0 Å². The number of fused-ring (bicyclic) bond motifs is 1. The molecule has 1 aliphatic carbocycles. The summed E-state index contributed by atoms with van der Waals surface area (Å²) < 4.78 is 1.82. The number of amides is 1. The summed E-state index contributed by atoms with van der Waals surface area (Å²) in [6.45, 7) is 1.87. The summed E-state index contributed by atoms with van der Waals surface area (Å²) >= 11 is 0. The third kappa shape index (κ3) is 3.03. The van der Waals surface area contributed by atoms with E-state index in [0.29, 0.717) is 17.4 Å². The van der Waals surface area contributed by atoms with Crippen molar-refractivity contribution in [1.29, 1.82) is 0 Å². The molecule has 7 heteroatoms. The fraction of sp³-hybridized carbons (Fsp3) is 0.400. The Bertz CT molecular complexity index is 1020. The number of aryl methyl sites for hydroxylation is 1. The van der Waals surface area contributed by atoms with Gasteiger partial charge in [-0.1, -0.05) is 12.1 Å². The van der Waals surface area contributed by atoms with Crippen LogP contribution < -0.4 is 10.2 Å². The minimum Gasteiger partial charge on any atom is -0.354 e. The average molecular weight is 362 g/mol. The van der Waals surface area contributed by atoms with Crippen LogP contribution in [0.4, 0.5) is 11.6 Å². The SMILES string of the molecule is Cn1nc(C(=O)Nc2nc3ccccc3nc2N2CCCC2)cc1C1CC1. The second-order valence-corrected chi connectivity index (χ2v) is 7.39. The number of nitrogens with one attached hydrogen (secondary N) is 1. The third-order valence-corrected chi connectivity index (χ3v) is 5.33. The van der Waals surface area contributed by atoms with Gasteiger partial charge in [0.15, 0.2) is 17.3 Å². The lowest BCUT2D eigenvalue weighted by Gasteiger charge is -2.20. The fourth-order valence-corrected chi connectivity index (χ4v) is 3.75. The molecule has 1 aromatic carbocycles. The molecule has 1 N–H and O–H groups in total. The molecular weight excluding hydrogens is 340 g/mol. The van der Waals surface area contributed by atoms with Gasteiger partial charge in [-0.25, -0.2) is 9.97 Å². The first-order valence-electron chi connectivity index (χ1n) is 9.56. The number of hydrogen-bond acceptors (Lipinski definition) is 5. The highest BCUT2D eigenvalue weighted by atomic mass is 16.2. The quantitative estimate of drug-likeness (QED) is 0.772. The molecule has 7 nitrogen and oxygen atoms in total. The van der Waals surface area contributed by atoms with Crippen molar-refractivity contribution in [3.8, 4) is 0 Å². The van der Waals surface area contributed by atoms with E-state index in [0.717, 1.165) is 48.5 Å². The lowest BCUT2D eigenvalue weighted by atomic mass is 10.2. The van der Waals surface area contributed by atoms with E-state index in [-0.39, 0.29) is 5.91 Å². The van der Waals surface area contributed by atoms with Crippen LogP contribution >= 0.6 is 0 Å². The van der Waals surface area contributed by atoms with Gasteiger partial charge in [-0.3, -0.25) is 9.48 Å². The van der Waals surface area contributed by atoms with Gasteiger partial charge in [-0.05, 0) is 43.9 Å². The number of carbonyl (C=O) groups is 1. The second kappa shape index (κ2) is 6.33. The summed E-state index contributed by atoms with van der Waals surface area (Å²) in [5, 5.41) is 7.37. The van der Waals surface area contributed by atoms with E-state index in [1.807, 2.05) is 42.1 Å². The Kier molecular flexibility index (Phi) is 3.81. The fourth-order valence-electron chi connectivity index (χ4n) is 3.75. The highest BCUT2D eigenvalue weighted by molar-refractivity contribution is 6.04. The van der Waals surface area contributed by atoms with Gasteiger partial charge in [0, 0.05) is 31.7 Å². The lowest BCUT2D eigenvalue weighted by Crippen LogP contribution is -2.23. The van der Waals surface area contributed by atoms with Gasteiger partial charge in [-0.15, -0.1) is 0 Å². The van der Waals surface area contributed by atoms with Crippen molar-refractivity contribution in [1.82, 2.24) is 19.7 Å². The molecular formula is C20H22N6O. The van der Waals surface area contributed by atoms with Gasteiger partial charge in [0.1, 0.15) is 0 Å². The molecule has 5 rings (SSSR count). The number of nitrogens with zero attached hydrogens (tertiary/aromatic N) is 5. The van der Waals surface area contributed by atoms with Crippen LogP contribution in [0.25, 0.3) is 11.0 Å². The van der Waals surface area contributed by atoms with E-state index in [1.165, 1.54) is 12.8 Å². The molecule has 1 amide bonds. The van der Waals surface area contributed by atoms with Crippen LogP contribution in [0.3, 0.4) is 0 Å². The molecule has 0 unspecified atom stereocenters. The molecule has 0 bridgehead atoms. The van der Waals surface area contributed by atoms with Gasteiger partial charge in [0.2, 0.25) is 0 Å². The largest absolute Gasteiger partial charge is 0.354 e. The van der Waals surface area contributed by atoms with Crippen LogP contribution in [-0.2, 0) is 7.05 Å². The third-order valence-electron chi connectivity index (χ3n) is 5.33. The van der Waals surface area contributed by atoms with E-state index in [4.69, 9.17) is 9.97 Å². The van der Waals surface area contributed by atoms with Crippen LogP contribution in [0.1, 0.15) is 47.8 Å². The van der Waals surface area contributed by atoms with Crippen LogP contribution in [0.2, 0.25) is 0 Å². The van der Waals surface area contributed by atoms with Crippen molar-refractivity contribution in [2.45, 2.75) is 31.6 Å². The van der Waals surface area contributed by atoms with Crippen molar-refractivity contribution < 1.29 is 4.79 Å². The van der Waals surface area contributed by atoms with Gasteiger partial charge >= 0.3 is 0 Å². The standard InChI is InChI=1S/C20H22N6O/c1-25-17(13-8-9-13)12-16(24-25)20(27)23-18-19(26-10-4-5-11-26)22-15-7-3-2-6-14(15)21-18/h2-3,6-7,12-13H,4-5,8-11H2,1H3,(H,21,23,27). The first kappa shape index (κ1) is 16.2. The molecule has 1 saturated heterocycles. The summed E-state index contributed by atoms with van der Waals surface area (Å²) in [6, 6.07) is 9.65. The summed E-state index contributed by atoms with van der Waals surface area (Å²) in [4.78, 5) is 24.5. The average Bonchev–Trinajstić information content (AvgIpc) is 3.21. The van der Waals surface area contributed by atoms with Crippen molar-refractivity contribution in [3.05, 3.63) is 41.7 Å². The Morgan fingerprint density at radius 1 is 1.11 bits per heavy atom. The molecule has 0 spiro atoms. The van der Waals surface area contributed by atoms with Gasteiger partial charge < -0.3 is 10.2 Å². The lowest BCUT2D eigenvalue weighted by molar-refractivity contribution is 0.102. The first-order chi connectivity index (χ1) is 13.2. The summed E-state index contributed by atoms with van der Waals surface area (Å²) in [5.74, 6) is 1.57. The summed E-state index contributed by atoms with van der Waals surface area (Å²) in [6.07, 6.45) is 4.62. The predicted molar refractivity (Wildman–Crippen MR) is 104 cm³/mol. The number of anilines is 2. The molecule has 3 heterocycles. The van der Waals surface area contributed by atoms with Gasteiger partial charge in [0.25, 0.3) is 5.91 Å². The maximum absolute atomic E-state index is 12.9. The molecule has 1 saturated carbocycles. The zero-order valence-corrected chi connectivity index (χ0v) is 15.4. The minimum absolute atomic E-state index is 0.234. The van der Waals surface area contributed by atoms with E-state index < -0.39 is 0 Å². The maximum Gasteiger partial charge on any atom is 0.277 e. The normalized spacial score (nSPS) is 16.9. The zero-order chi connectivity index (χ0) is 18.4. The molecule has 2 aliphatic rings. The van der Waals surface area contributed by atoms with Crippen LogP contribution in [0.5, 0.6) is 0 Å². The zero-order valence-electron chi connectivity index (χ0n) is 15.4. The van der Waals surface area contributed by atoms with Crippen molar-refractivity contribution >= 4 is 28.6 Å². The van der Waals surface area contributed by atoms with E-state index in [2.05, 4.69) is 15.3 Å². The number of hydrogen-bond donors (Lipinski definition) is 1. The van der Waals surface area contributed by atoms with Gasteiger partial charge in [-0.2, -0.15) is 5.10 Å². The molecule has 1 aliphatic heterocycles. The Hall–Kier alpha value is -2.96. The number of para-hydroxylation sites is 2. The smallest absolute Gasteiger partial charge is 0.277 e. The first-order valence-corrected chi connectivity index (χ1v) is 9.56. The molecule has 0 atom stereocenters. The number of aromatic nitrogens is 4. The molecule has 2 fully saturated rings. The van der Waals surface area contributed by atoms with Crippen LogP contribution in [0, 0.1) is 0 Å². The predicted octanol–water partition coefficient (Wildman–Crippen LogP) is 3.09. The van der Waals surface area contributed by atoms with E-state index in [9.17, 15) is 4.79 Å². The second-order valence-electron chi connectivity index (χ2n) is 7.39.